The summed E-state index contributed by atoms with van der Waals surface area (Å²) in [5.74, 6) is 0.309. The van der Waals surface area contributed by atoms with Crippen LogP contribution in [0.1, 0.15) is 12.0 Å². The predicted octanol–water partition coefficient (Wildman–Crippen LogP) is 2.11. The molecule has 0 spiro atoms. The number of hydrogen-bond acceptors (Lipinski definition) is 6. The molecule has 134 valence electrons. The lowest BCUT2D eigenvalue weighted by atomic mass is 10.2. The van der Waals surface area contributed by atoms with Crippen molar-refractivity contribution in [2.45, 2.75) is 19.9 Å². The lowest BCUT2D eigenvalue weighted by Gasteiger charge is -2.08. The van der Waals surface area contributed by atoms with Gasteiger partial charge in [-0.3, -0.25) is 9.59 Å². The number of fused-ring (bicyclic) bond motifs is 1. The first-order chi connectivity index (χ1) is 12.6. The van der Waals surface area contributed by atoms with E-state index >= 15 is 0 Å². The summed E-state index contributed by atoms with van der Waals surface area (Å²) < 4.78 is 11.8. The summed E-state index contributed by atoms with van der Waals surface area (Å²) in [4.78, 5) is 24.1. The van der Waals surface area contributed by atoms with E-state index in [4.69, 9.17) is 9.47 Å². The van der Waals surface area contributed by atoms with Crippen LogP contribution in [0.4, 0.5) is 0 Å². The smallest absolute Gasteiger partial charge is 0.307 e. The normalized spacial score (nSPS) is 10.7. The van der Waals surface area contributed by atoms with Gasteiger partial charge in [-0.25, -0.2) is 4.68 Å². The van der Waals surface area contributed by atoms with E-state index in [1.165, 1.54) is 4.68 Å². The second-order valence-corrected chi connectivity index (χ2v) is 5.77. The summed E-state index contributed by atoms with van der Waals surface area (Å²) in [6, 6.07) is 14.6. The van der Waals surface area contributed by atoms with Crippen LogP contribution in [0.2, 0.25) is 0 Å². The number of nitrogens with zero attached hydrogens (tertiary/aromatic N) is 3. The molecular weight excluding hydrogens is 334 g/mol. The largest absolute Gasteiger partial charge is 0.490 e. The predicted molar refractivity (Wildman–Crippen MR) is 96.0 cm³/mol. The number of benzene rings is 2. The topological polar surface area (TPSA) is 83.3 Å². The van der Waals surface area contributed by atoms with Crippen molar-refractivity contribution in [3.05, 3.63) is 64.4 Å². The molecule has 0 fully saturated rings. The van der Waals surface area contributed by atoms with Gasteiger partial charge < -0.3 is 9.47 Å². The highest BCUT2D eigenvalue weighted by molar-refractivity contribution is 5.76. The van der Waals surface area contributed by atoms with Crippen LogP contribution in [0, 0.1) is 6.92 Å². The Hall–Kier alpha value is -3.22. The molecule has 0 saturated heterocycles. The van der Waals surface area contributed by atoms with E-state index in [9.17, 15) is 9.59 Å². The van der Waals surface area contributed by atoms with E-state index in [1.54, 1.807) is 24.3 Å². The highest BCUT2D eigenvalue weighted by Gasteiger charge is 2.08. The fourth-order valence-electron chi connectivity index (χ4n) is 2.39. The second kappa shape index (κ2) is 8.24. The van der Waals surface area contributed by atoms with E-state index in [0.717, 1.165) is 11.3 Å². The average molecular weight is 353 g/mol. The molecule has 3 aromatic rings. The Balaban J connectivity index is 1.45. The molecule has 7 heteroatoms. The molecule has 0 saturated carbocycles. The van der Waals surface area contributed by atoms with Crippen LogP contribution in [0.5, 0.6) is 5.75 Å². The minimum absolute atomic E-state index is 0.0391. The SMILES string of the molecule is Cc1ccc(OCCOC(=O)CCn2nnc3ccccc3c2=O)cc1. The van der Waals surface area contributed by atoms with Gasteiger partial charge in [-0.2, -0.15) is 0 Å². The van der Waals surface area contributed by atoms with Gasteiger partial charge in [0.1, 0.15) is 24.5 Å². The summed E-state index contributed by atoms with van der Waals surface area (Å²) >= 11 is 0. The maximum atomic E-state index is 12.3. The zero-order valence-electron chi connectivity index (χ0n) is 14.4. The highest BCUT2D eigenvalue weighted by atomic mass is 16.6. The van der Waals surface area contributed by atoms with Crippen molar-refractivity contribution in [3.63, 3.8) is 0 Å². The number of ether oxygens (including phenoxy) is 2. The molecular formula is C19H19N3O4. The molecule has 0 radical (unpaired) electrons. The van der Waals surface area contributed by atoms with Crippen LogP contribution < -0.4 is 10.3 Å². The van der Waals surface area contributed by atoms with E-state index in [2.05, 4.69) is 10.3 Å². The maximum absolute atomic E-state index is 12.3. The quantitative estimate of drug-likeness (QED) is 0.478. The Morgan fingerprint density at radius 3 is 2.65 bits per heavy atom. The Morgan fingerprint density at radius 2 is 1.85 bits per heavy atom. The minimum atomic E-state index is -0.417. The van der Waals surface area contributed by atoms with Gasteiger partial charge in [-0.15, -0.1) is 5.10 Å². The minimum Gasteiger partial charge on any atom is -0.490 e. The molecule has 26 heavy (non-hydrogen) atoms. The lowest BCUT2D eigenvalue weighted by molar-refractivity contribution is -0.144. The van der Waals surface area contributed by atoms with Gasteiger partial charge >= 0.3 is 5.97 Å². The van der Waals surface area contributed by atoms with Gasteiger partial charge in [0, 0.05) is 0 Å². The molecule has 0 aliphatic carbocycles. The number of carbonyl (C=O) groups is 1. The van der Waals surface area contributed by atoms with Crippen LogP contribution in [-0.4, -0.2) is 34.2 Å². The van der Waals surface area contributed by atoms with Crippen molar-refractivity contribution in [3.8, 4) is 5.75 Å². The van der Waals surface area contributed by atoms with Gasteiger partial charge in [0.15, 0.2) is 0 Å². The summed E-state index contributed by atoms with van der Waals surface area (Å²) in [7, 11) is 0. The average Bonchev–Trinajstić information content (AvgIpc) is 2.66. The Labute approximate surface area is 150 Å². The van der Waals surface area contributed by atoms with Crippen molar-refractivity contribution >= 4 is 16.9 Å². The van der Waals surface area contributed by atoms with Gasteiger partial charge in [-0.05, 0) is 31.2 Å². The van der Waals surface area contributed by atoms with E-state index < -0.39 is 5.97 Å². The Bertz CT molecular complexity index is 951. The van der Waals surface area contributed by atoms with Crippen molar-refractivity contribution in [1.29, 1.82) is 0 Å². The fourth-order valence-corrected chi connectivity index (χ4v) is 2.39. The van der Waals surface area contributed by atoms with Crippen LogP contribution in [0.15, 0.2) is 53.3 Å². The first-order valence-electron chi connectivity index (χ1n) is 8.31. The molecule has 2 aromatic carbocycles. The molecule has 0 atom stereocenters. The Morgan fingerprint density at radius 1 is 1.08 bits per heavy atom. The molecule has 0 aliphatic rings. The monoisotopic (exact) mass is 353 g/mol. The molecule has 0 bridgehead atoms. The number of carbonyl (C=O) groups excluding carboxylic acids is 1. The lowest BCUT2D eigenvalue weighted by Crippen LogP contribution is -2.26. The third-order valence-electron chi connectivity index (χ3n) is 3.79. The third-order valence-corrected chi connectivity index (χ3v) is 3.79. The van der Waals surface area contributed by atoms with E-state index in [0.29, 0.717) is 10.9 Å². The summed E-state index contributed by atoms with van der Waals surface area (Å²) in [5, 5.41) is 8.29. The fraction of sp³-hybridized carbons (Fsp3) is 0.263. The highest BCUT2D eigenvalue weighted by Crippen LogP contribution is 2.11. The zero-order valence-corrected chi connectivity index (χ0v) is 14.4. The van der Waals surface area contributed by atoms with Crippen LogP contribution in [0.25, 0.3) is 10.9 Å². The third kappa shape index (κ3) is 4.44. The van der Waals surface area contributed by atoms with Gasteiger partial charge in [0.05, 0.1) is 18.4 Å². The maximum Gasteiger partial charge on any atom is 0.307 e. The number of hydrogen-bond donors (Lipinski definition) is 0. The van der Waals surface area contributed by atoms with Crippen LogP contribution in [0.3, 0.4) is 0 Å². The molecule has 3 rings (SSSR count). The van der Waals surface area contributed by atoms with Crippen molar-refractivity contribution < 1.29 is 14.3 Å². The number of aryl methyl sites for hydroxylation is 2. The van der Waals surface area contributed by atoms with Gasteiger partial charge in [0.25, 0.3) is 5.56 Å². The molecule has 0 unspecified atom stereocenters. The summed E-state index contributed by atoms with van der Waals surface area (Å²) in [5.41, 5.74) is 1.41. The number of aromatic nitrogens is 3. The van der Waals surface area contributed by atoms with E-state index in [1.807, 2.05) is 31.2 Å². The molecule has 7 nitrogen and oxygen atoms in total. The molecule has 0 amide bonds. The zero-order chi connectivity index (χ0) is 18.4. The van der Waals surface area contributed by atoms with Crippen LogP contribution >= 0.6 is 0 Å². The van der Waals surface area contributed by atoms with Crippen LogP contribution in [-0.2, 0) is 16.1 Å². The second-order valence-electron chi connectivity index (χ2n) is 5.77. The standard InChI is InChI=1S/C19H19N3O4/c1-14-6-8-15(9-7-14)25-12-13-26-18(23)10-11-22-19(24)16-4-2-3-5-17(16)20-21-22/h2-9H,10-13H2,1H3. The number of esters is 1. The Kier molecular flexibility index (Phi) is 5.58. The summed E-state index contributed by atoms with van der Waals surface area (Å²) in [6.45, 7) is 2.53. The van der Waals surface area contributed by atoms with E-state index in [-0.39, 0.29) is 31.7 Å². The molecule has 0 N–H and O–H groups in total. The molecule has 1 aromatic heterocycles. The summed E-state index contributed by atoms with van der Waals surface area (Å²) in [6.07, 6.45) is 0.0391. The number of rotatable bonds is 7. The first-order valence-corrected chi connectivity index (χ1v) is 8.31. The van der Waals surface area contributed by atoms with Gasteiger partial charge in [-0.1, -0.05) is 35.0 Å². The van der Waals surface area contributed by atoms with Crippen molar-refractivity contribution in [1.82, 2.24) is 15.0 Å². The van der Waals surface area contributed by atoms with Crippen molar-refractivity contribution in [2.75, 3.05) is 13.2 Å². The first kappa shape index (κ1) is 17.6. The van der Waals surface area contributed by atoms with Gasteiger partial charge in [0.2, 0.25) is 0 Å². The molecule has 0 aliphatic heterocycles. The molecule has 1 heterocycles. The van der Waals surface area contributed by atoms with Crippen molar-refractivity contribution in [2.24, 2.45) is 0 Å².